The summed E-state index contributed by atoms with van der Waals surface area (Å²) in [5, 5.41) is 9.03. The molecule has 5 heteroatoms. The van der Waals surface area contributed by atoms with Crippen LogP contribution < -0.4 is 0 Å². The molecule has 0 radical (unpaired) electrons. The summed E-state index contributed by atoms with van der Waals surface area (Å²) in [6, 6.07) is 8.05. The van der Waals surface area contributed by atoms with Crippen molar-refractivity contribution in [3.05, 3.63) is 35.9 Å². The number of carboxylic acid groups (broad SMARTS) is 1. The summed E-state index contributed by atoms with van der Waals surface area (Å²) in [6.07, 6.45) is -1.99. The molecule has 0 saturated carbocycles. The first-order chi connectivity index (χ1) is 7.61. The average Bonchev–Trinajstić information content (AvgIpc) is 2.57. The van der Waals surface area contributed by atoms with E-state index in [0.717, 1.165) is 4.90 Å². The zero-order chi connectivity index (χ0) is 11.7. The molecule has 0 bridgehead atoms. The highest BCUT2D eigenvalue weighted by Gasteiger charge is 2.43. The molecule has 2 atom stereocenters. The van der Waals surface area contributed by atoms with E-state index in [4.69, 9.17) is 9.84 Å². The molecule has 0 aromatic heterocycles. The van der Waals surface area contributed by atoms with Gasteiger partial charge < -0.3 is 9.84 Å². The van der Waals surface area contributed by atoms with Gasteiger partial charge in [0.15, 0.2) is 0 Å². The van der Waals surface area contributed by atoms with Crippen molar-refractivity contribution >= 4 is 12.1 Å². The van der Waals surface area contributed by atoms with E-state index < -0.39 is 24.3 Å². The molecule has 1 aromatic carbocycles. The van der Waals surface area contributed by atoms with Gasteiger partial charge in [0, 0.05) is 5.56 Å². The minimum absolute atomic E-state index is 0.517. The second-order valence-corrected chi connectivity index (χ2v) is 3.57. The van der Waals surface area contributed by atoms with Crippen molar-refractivity contribution in [1.82, 2.24) is 4.90 Å². The van der Waals surface area contributed by atoms with E-state index in [0.29, 0.717) is 5.56 Å². The zero-order valence-corrected chi connectivity index (χ0v) is 8.66. The summed E-state index contributed by atoms with van der Waals surface area (Å²) < 4.78 is 5.04. The first-order valence-electron chi connectivity index (χ1n) is 4.88. The molecule has 2 rings (SSSR count). The Balaban J connectivity index is 2.34. The van der Waals surface area contributed by atoms with Crippen LogP contribution in [0.3, 0.4) is 0 Å². The van der Waals surface area contributed by atoms with E-state index in [1.54, 1.807) is 24.3 Å². The van der Waals surface area contributed by atoms with E-state index in [1.165, 1.54) is 6.92 Å². The molecule has 0 spiro atoms. The van der Waals surface area contributed by atoms with Crippen molar-refractivity contribution in [1.29, 1.82) is 0 Å². The number of hydrogen-bond donors (Lipinski definition) is 1. The Hall–Kier alpha value is -2.04. The van der Waals surface area contributed by atoms with Gasteiger partial charge in [-0.05, 0) is 6.92 Å². The Morgan fingerprint density at radius 2 is 2.00 bits per heavy atom. The highest BCUT2D eigenvalue weighted by atomic mass is 16.6. The maximum Gasteiger partial charge on any atom is 0.411 e. The van der Waals surface area contributed by atoms with Gasteiger partial charge in [-0.3, -0.25) is 4.90 Å². The fourth-order valence-corrected chi connectivity index (χ4v) is 1.69. The molecule has 1 aliphatic rings. The summed E-state index contributed by atoms with van der Waals surface area (Å²) in [4.78, 5) is 23.4. The van der Waals surface area contributed by atoms with Crippen molar-refractivity contribution in [3.63, 3.8) is 0 Å². The van der Waals surface area contributed by atoms with Gasteiger partial charge in [-0.15, -0.1) is 0 Å². The molecule has 5 nitrogen and oxygen atoms in total. The summed E-state index contributed by atoms with van der Waals surface area (Å²) in [6.45, 7) is 1.51. The fraction of sp³-hybridized carbons (Fsp3) is 0.273. The van der Waals surface area contributed by atoms with Gasteiger partial charge in [0.05, 0.1) is 0 Å². The van der Waals surface area contributed by atoms with Gasteiger partial charge >= 0.3 is 12.1 Å². The lowest BCUT2D eigenvalue weighted by atomic mass is 10.2. The summed E-state index contributed by atoms with van der Waals surface area (Å²) in [5.74, 6) is -0.517. The molecule has 16 heavy (non-hydrogen) atoms. The smallest absolute Gasteiger partial charge is 0.411 e. The lowest BCUT2D eigenvalue weighted by molar-refractivity contribution is -0.142. The van der Waals surface area contributed by atoms with Crippen molar-refractivity contribution < 1.29 is 19.4 Å². The highest BCUT2D eigenvalue weighted by molar-refractivity contribution is 5.83. The molecule has 1 aromatic rings. The Kier molecular flexibility index (Phi) is 2.52. The molecule has 1 saturated heterocycles. The van der Waals surface area contributed by atoms with Gasteiger partial charge in [0.25, 0.3) is 0 Å². The van der Waals surface area contributed by atoms with Crippen LogP contribution in [0, 0.1) is 0 Å². The molecule has 1 N–H and O–H groups in total. The molecule has 1 amide bonds. The lowest BCUT2D eigenvalue weighted by Crippen LogP contribution is -2.36. The number of hydrogen-bond acceptors (Lipinski definition) is 3. The third-order valence-corrected chi connectivity index (χ3v) is 2.54. The van der Waals surface area contributed by atoms with Crippen molar-refractivity contribution in [2.24, 2.45) is 0 Å². The number of amides is 1. The number of carbonyl (C=O) groups is 2. The van der Waals surface area contributed by atoms with Crippen LogP contribution in [0.2, 0.25) is 0 Å². The van der Waals surface area contributed by atoms with Crippen LogP contribution in [0.25, 0.3) is 0 Å². The van der Waals surface area contributed by atoms with Gasteiger partial charge in [-0.25, -0.2) is 9.59 Å². The minimum atomic E-state index is -1.16. The predicted molar refractivity (Wildman–Crippen MR) is 54.6 cm³/mol. The fourth-order valence-electron chi connectivity index (χ4n) is 1.69. The standard InChI is InChI=1S/C11H11NO4/c1-7-10(13)16-9(12(7)11(14)15)8-5-3-2-4-6-8/h2-7,9H,1H3,(H,14,15)/t7-,9-/m0/s1. The summed E-state index contributed by atoms with van der Waals surface area (Å²) in [7, 11) is 0. The zero-order valence-electron chi connectivity index (χ0n) is 8.66. The van der Waals surface area contributed by atoms with Gasteiger partial charge in [-0.2, -0.15) is 0 Å². The number of nitrogens with zero attached hydrogens (tertiary/aromatic N) is 1. The Bertz CT molecular complexity index is 417. The largest absolute Gasteiger partial charge is 0.465 e. The second kappa shape index (κ2) is 3.84. The van der Waals surface area contributed by atoms with Crippen molar-refractivity contribution in [2.45, 2.75) is 19.2 Å². The van der Waals surface area contributed by atoms with Gasteiger partial charge in [-0.1, -0.05) is 30.3 Å². The highest BCUT2D eigenvalue weighted by Crippen LogP contribution is 2.31. The molecule has 0 aliphatic carbocycles. The van der Waals surface area contributed by atoms with Crippen LogP contribution >= 0.6 is 0 Å². The second-order valence-electron chi connectivity index (χ2n) is 3.57. The van der Waals surface area contributed by atoms with Crippen LogP contribution in [0.5, 0.6) is 0 Å². The normalized spacial score (nSPS) is 24.3. The number of rotatable bonds is 1. The molecule has 1 aliphatic heterocycles. The maximum atomic E-state index is 11.3. The number of cyclic esters (lactones) is 1. The van der Waals surface area contributed by atoms with E-state index in [2.05, 4.69) is 0 Å². The topological polar surface area (TPSA) is 66.8 Å². The number of ether oxygens (including phenoxy) is 1. The maximum absolute atomic E-state index is 11.3. The summed E-state index contributed by atoms with van der Waals surface area (Å²) in [5.41, 5.74) is 0.655. The molecule has 84 valence electrons. The lowest BCUT2D eigenvalue weighted by Gasteiger charge is -2.21. The van der Waals surface area contributed by atoms with Crippen LogP contribution in [-0.4, -0.2) is 28.1 Å². The first kappa shape index (κ1) is 10.5. The van der Waals surface area contributed by atoms with Crippen LogP contribution in [0.1, 0.15) is 18.7 Å². The monoisotopic (exact) mass is 221 g/mol. The van der Waals surface area contributed by atoms with E-state index in [1.807, 2.05) is 6.07 Å². The quantitative estimate of drug-likeness (QED) is 0.731. The average molecular weight is 221 g/mol. The Morgan fingerprint density at radius 1 is 1.38 bits per heavy atom. The number of benzene rings is 1. The van der Waals surface area contributed by atoms with Crippen molar-refractivity contribution in [3.8, 4) is 0 Å². The van der Waals surface area contributed by atoms with Crippen LogP contribution in [-0.2, 0) is 9.53 Å². The minimum Gasteiger partial charge on any atom is -0.465 e. The molecular weight excluding hydrogens is 210 g/mol. The molecule has 0 unspecified atom stereocenters. The third kappa shape index (κ3) is 1.60. The van der Waals surface area contributed by atoms with Crippen LogP contribution in [0.4, 0.5) is 4.79 Å². The third-order valence-electron chi connectivity index (χ3n) is 2.54. The van der Waals surface area contributed by atoms with Gasteiger partial charge in [0.1, 0.15) is 6.04 Å². The first-order valence-corrected chi connectivity index (χ1v) is 4.88. The number of esters is 1. The SMILES string of the molecule is C[C@H]1C(=O)O[C@@H](c2ccccc2)N1C(=O)O. The van der Waals surface area contributed by atoms with E-state index in [9.17, 15) is 9.59 Å². The Morgan fingerprint density at radius 3 is 2.56 bits per heavy atom. The molecular formula is C11H11NO4. The van der Waals surface area contributed by atoms with Gasteiger partial charge in [0.2, 0.25) is 6.23 Å². The predicted octanol–water partition coefficient (Wildman–Crippen LogP) is 1.61. The Labute approximate surface area is 92.2 Å². The molecule has 1 heterocycles. The number of carbonyl (C=O) groups excluding carboxylic acids is 1. The van der Waals surface area contributed by atoms with Crippen molar-refractivity contribution in [2.75, 3.05) is 0 Å². The van der Waals surface area contributed by atoms with Crippen LogP contribution in [0.15, 0.2) is 30.3 Å². The van der Waals surface area contributed by atoms with E-state index >= 15 is 0 Å². The summed E-state index contributed by atoms with van der Waals surface area (Å²) >= 11 is 0. The van der Waals surface area contributed by atoms with E-state index in [-0.39, 0.29) is 0 Å². The molecule has 1 fully saturated rings.